The molecule has 0 amide bonds. The van der Waals surface area contributed by atoms with E-state index in [9.17, 15) is 9.13 Å². The standard InChI is InChI=1S/C6H17NO6P2/c1-2-3-4-5-6(7,14(8,9)10)15(11,12)13/h2-5,7H2,1H3,(H2,8,9,10)(H2,11,12,13). The molecule has 0 fully saturated rings. The fourth-order valence-corrected chi connectivity index (χ4v) is 3.35. The van der Waals surface area contributed by atoms with Crippen LogP contribution >= 0.6 is 15.2 Å². The van der Waals surface area contributed by atoms with Gasteiger partial charge in [0.05, 0.1) is 0 Å². The van der Waals surface area contributed by atoms with E-state index in [1.54, 1.807) is 0 Å². The van der Waals surface area contributed by atoms with Crippen LogP contribution < -0.4 is 5.73 Å². The van der Waals surface area contributed by atoms with Crippen LogP contribution in [-0.4, -0.2) is 24.6 Å². The van der Waals surface area contributed by atoms with E-state index in [2.05, 4.69) is 0 Å². The molecule has 0 aliphatic rings. The molecule has 0 atom stereocenters. The van der Waals surface area contributed by atoms with E-state index >= 15 is 0 Å². The van der Waals surface area contributed by atoms with E-state index in [0.29, 0.717) is 6.42 Å². The van der Waals surface area contributed by atoms with E-state index < -0.39 is 26.6 Å². The van der Waals surface area contributed by atoms with Crippen molar-refractivity contribution in [1.82, 2.24) is 0 Å². The molecule has 0 saturated heterocycles. The maximum absolute atomic E-state index is 11.0. The van der Waals surface area contributed by atoms with Gasteiger partial charge in [0.25, 0.3) is 0 Å². The molecule has 7 nitrogen and oxygen atoms in total. The second-order valence-electron chi connectivity index (χ2n) is 3.42. The first kappa shape index (κ1) is 15.3. The highest BCUT2D eigenvalue weighted by atomic mass is 31.2. The second kappa shape index (κ2) is 5.06. The van der Waals surface area contributed by atoms with Gasteiger partial charge in [0.1, 0.15) is 0 Å². The lowest BCUT2D eigenvalue weighted by atomic mass is 10.2. The van der Waals surface area contributed by atoms with Crippen molar-refractivity contribution in [3.05, 3.63) is 0 Å². The summed E-state index contributed by atoms with van der Waals surface area (Å²) in [7, 11) is -10.1. The normalized spacial score (nSPS) is 14.3. The number of rotatable bonds is 6. The van der Waals surface area contributed by atoms with Crippen molar-refractivity contribution in [1.29, 1.82) is 0 Å². The number of unbranched alkanes of at least 4 members (excludes halogenated alkanes) is 2. The molecule has 0 heterocycles. The number of hydrogen-bond donors (Lipinski definition) is 5. The quantitative estimate of drug-likeness (QED) is 0.347. The molecule has 0 bridgehead atoms. The Labute approximate surface area is 88.0 Å². The maximum atomic E-state index is 11.0. The van der Waals surface area contributed by atoms with Gasteiger partial charge in [-0.05, 0) is 6.42 Å². The van der Waals surface area contributed by atoms with Crippen LogP contribution in [0.15, 0.2) is 0 Å². The molecule has 15 heavy (non-hydrogen) atoms. The lowest BCUT2D eigenvalue weighted by molar-refractivity contribution is 0.300. The molecule has 6 N–H and O–H groups in total. The lowest BCUT2D eigenvalue weighted by Gasteiger charge is -2.30. The predicted octanol–water partition coefficient (Wildman–Crippen LogP) is 0.535. The van der Waals surface area contributed by atoms with Gasteiger partial charge in [0.2, 0.25) is 5.02 Å². The van der Waals surface area contributed by atoms with Gasteiger partial charge < -0.3 is 25.3 Å². The van der Waals surface area contributed by atoms with Crippen molar-refractivity contribution in [3.63, 3.8) is 0 Å². The zero-order valence-electron chi connectivity index (χ0n) is 8.41. The van der Waals surface area contributed by atoms with Crippen molar-refractivity contribution in [2.24, 2.45) is 5.73 Å². The van der Waals surface area contributed by atoms with Gasteiger partial charge in [-0.1, -0.05) is 26.2 Å². The Morgan fingerprint density at radius 2 is 1.47 bits per heavy atom. The third-order valence-corrected chi connectivity index (χ3v) is 6.19. The fraction of sp³-hybridized carbons (Fsp3) is 1.00. The zero-order chi connectivity index (χ0) is 12.3. The van der Waals surface area contributed by atoms with Gasteiger partial charge in [0, 0.05) is 0 Å². The first-order valence-corrected chi connectivity index (χ1v) is 7.69. The fourth-order valence-electron chi connectivity index (χ4n) is 1.10. The van der Waals surface area contributed by atoms with E-state index in [1.807, 2.05) is 6.92 Å². The van der Waals surface area contributed by atoms with Gasteiger partial charge in [-0.3, -0.25) is 9.13 Å². The molecule has 9 heteroatoms. The highest BCUT2D eigenvalue weighted by molar-refractivity contribution is 7.72. The van der Waals surface area contributed by atoms with Crippen LogP contribution in [0.1, 0.15) is 32.6 Å². The van der Waals surface area contributed by atoms with E-state index in [0.717, 1.165) is 6.42 Å². The summed E-state index contributed by atoms with van der Waals surface area (Å²) in [6, 6.07) is 0. The minimum Gasteiger partial charge on any atom is -0.323 e. The minimum absolute atomic E-state index is 0.267. The maximum Gasteiger partial charge on any atom is 0.357 e. The Morgan fingerprint density at radius 1 is 1.07 bits per heavy atom. The Kier molecular flexibility index (Phi) is 5.15. The van der Waals surface area contributed by atoms with Crippen LogP contribution in [0.3, 0.4) is 0 Å². The lowest BCUT2D eigenvalue weighted by Crippen LogP contribution is -2.39. The van der Waals surface area contributed by atoms with Crippen molar-refractivity contribution in [2.75, 3.05) is 0 Å². The van der Waals surface area contributed by atoms with Gasteiger partial charge in [-0.2, -0.15) is 0 Å². The molecular weight excluding hydrogens is 244 g/mol. The molecule has 0 saturated carbocycles. The van der Waals surface area contributed by atoms with Gasteiger partial charge in [0.15, 0.2) is 0 Å². The van der Waals surface area contributed by atoms with Crippen LogP contribution in [0, 0.1) is 0 Å². The first-order chi connectivity index (χ1) is 6.56. The number of nitrogens with two attached hydrogens (primary N) is 1. The van der Waals surface area contributed by atoms with Crippen LogP contribution in [0.25, 0.3) is 0 Å². The molecule has 0 aliphatic carbocycles. The summed E-state index contributed by atoms with van der Waals surface area (Å²) in [5.74, 6) is 0. The van der Waals surface area contributed by atoms with E-state index in [1.165, 1.54) is 0 Å². The summed E-state index contributed by atoms with van der Waals surface area (Å²) in [6.45, 7) is 1.85. The Hall–Kier alpha value is 0.260. The average Bonchev–Trinajstić information content (AvgIpc) is 2.00. The molecule has 0 aliphatic heterocycles. The summed E-state index contributed by atoms with van der Waals surface area (Å²) < 4.78 is 21.9. The van der Waals surface area contributed by atoms with E-state index in [4.69, 9.17) is 25.3 Å². The largest absolute Gasteiger partial charge is 0.357 e. The Morgan fingerprint density at radius 3 is 1.73 bits per heavy atom. The van der Waals surface area contributed by atoms with Gasteiger partial charge in [-0.25, -0.2) is 0 Å². The zero-order valence-corrected chi connectivity index (χ0v) is 10.2. The average molecular weight is 261 g/mol. The third kappa shape index (κ3) is 3.64. The Balaban J connectivity index is 4.91. The first-order valence-electron chi connectivity index (χ1n) is 4.46. The van der Waals surface area contributed by atoms with Crippen LogP contribution in [0.5, 0.6) is 0 Å². The second-order valence-corrected chi connectivity index (χ2v) is 7.55. The van der Waals surface area contributed by atoms with Crippen LogP contribution in [0.2, 0.25) is 0 Å². The van der Waals surface area contributed by atoms with E-state index in [-0.39, 0.29) is 6.42 Å². The minimum atomic E-state index is -5.03. The van der Waals surface area contributed by atoms with Crippen molar-refractivity contribution < 1.29 is 28.7 Å². The predicted molar refractivity (Wildman–Crippen MR) is 55.1 cm³/mol. The summed E-state index contributed by atoms with van der Waals surface area (Å²) >= 11 is 0. The molecule has 0 unspecified atom stereocenters. The molecule has 92 valence electrons. The molecular formula is C6H17NO6P2. The van der Waals surface area contributed by atoms with Gasteiger partial charge in [-0.15, -0.1) is 0 Å². The summed E-state index contributed by atoms with van der Waals surface area (Å²) in [4.78, 5) is 35.5. The van der Waals surface area contributed by atoms with Crippen molar-refractivity contribution in [2.45, 2.75) is 37.6 Å². The van der Waals surface area contributed by atoms with Crippen LogP contribution in [0.4, 0.5) is 0 Å². The summed E-state index contributed by atoms with van der Waals surface area (Å²) in [5, 5.41) is -2.74. The van der Waals surface area contributed by atoms with Crippen LogP contribution in [-0.2, 0) is 9.13 Å². The highest BCUT2D eigenvalue weighted by Gasteiger charge is 2.56. The highest BCUT2D eigenvalue weighted by Crippen LogP contribution is 2.67. The SMILES string of the molecule is CCCCCC(N)(P(=O)(O)O)P(=O)(O)O. The molecule has 0 aromatic rings. The van der Waals surface area contributed by atoms with Crippen molar-refractivity contribution >= 4 is 15.2 Å². The molecule has 0 radical (unpaired) electrons. The molecule has 0 aromatic carbocycles. The summed E-state index contributed by atoms with van der Waals surface area (Å²) in [6.07, 6.45) is 1.25. The number of hydrogen-bond acceptors (Lipinski definition) is 3. The summed E-state index contributed by atoms with van der Waals surface area (Å²) in [5.41, 5.74) is 5.17. The molecule has 0 aromatic heterocycles. The molecule has 0 rings (SSSR count). The molecule has 0 spiro atoms. The monoisotopic (exact) mass is 261 g/mol. The Bertz CT molecular complexity index is 272. The topological polar surface area (TPSA) is 141 Å². The van der Waals surface area contributed by atoms with Crippen molar-refractivity contribution in [3.8, 4) is 0 Å². The van der Waals surface area contributed by atoms with Gasteiger partial charge >= 0.3 is 15.2 Å². The smallest absolute Gasteiger partial charge is 0.323 e. The third-order valence-electron chi connectivity index (χ3n) is 2.16.